The molecule has 2 heteroatoms. The molecule has 68 valence electrons. The fourth-order valence-electron chi connectivity index (χ4n) is 0.794. The molecule has 0 fully saturated rings. The smallest absolute Gasteiger partial charge is 0.0254 e. The van der Waals surface area contributed by atoms with Gasteiger partial charge in [-0.05, 0) is 23.8 Å². The largest absolute Gasteiger partial charge is 0.127 e. The zero-order valence-corrected chi connectivity index (χ0v) is 8.87. The normalized spacial score (nSPS) is 9.00. The van der Waals surface area contributed by atoms with E-state index < -0.39 is 0 Å². The number of alkyl halides is 1. The van der Waals surface area contributed by atoms with Crippen LogP contribution in [0, 0.1) is 11.2 Å². The highest BCUT2D eigenvalue weighted by atomic mass is 35.5. The highest BCUT2D eigenvalue weighted by Gasteiger charge is 1.83. The van der Waals surface area contributed by atoms with Crippen molar-refractivity contribution in [2.45, 2.75) is 6.42 Å². The van der Waals surface area contributed by atoms with Gasteiger partial charge in [-0.2, -0.15) is 0 Å². The van der Waals surface area contributed by atoms with Gasteiger partial charge >= 0.3 is 0 Å². The Bertz CT molecular complexity index is 284. The predicted molar refractivity (Wildman–Crippen MR) is 61.1 cm³/mol. The third kappa shape index (κ3) is 4.87. The van der Waals surface area contributed by atoms with E-state index in [1.54, 1.807) is 11.8 Å². The molecule has 0 nitrogen and oxygen atoms in total. The summed E-state index contributed by atoms with van der Waals surface area (Å²) >= 11 is 7.16. The van der Waals surface area contributed by atoms with E-state index in [-0.39, 0.29) is 0 Å². The van der Waals surface area contributed by atoms with E-state index in [9.17, 15) is 0 Å². The van der Waals surface area contributed by atoms with E-state index in [1.807, 2.05) is 30.3 Å². The van der Waals surface area contributed by atoms with Crippen LogP contribution in [0.3, 0.4) is 0 Å². The molecule has 0 unspecified atom stereocenters. The number of rotatable bonds is 3. The van der Waals surface area contributed by atoms with Gasteiger partial charge in [0.1, 0.15) is 0 Å². The molecule has 1 aromatic rings. The first-order valence-electron chi connectivity index (χ1n) is 4.17. The summed E-state index contributed by atoms with van der Waals surface area (Å²) in [5, 5.41) is 3.04. The number of hydrogen-bond acceptors (Lipinski definition) is 1. The van der Waals surface area contributed by atoms with Crippen LogP contribution in [-0.4, -0.2) is 11.6 Å². The number of thioether (sulfide) groups is 1. The lowest BCUT2D eigenvalue weighted by Gasteiger charge is -1.88. The molecule has 0 radical (unpaired) electrons. The standard InChI is InChI=1S/C11H11ClS/c12-8-4-9-13-10-7-11-5-2-1-3-6-11/h1-3,5-6H,4,8-9H2. The van der Waals surface area contributed by atoms with Gasteiger partial charge in [0.25, 0.3) is 0 Å². The SMILES string of the molecule is ClCCCSC#Cc1ccccc1. The fourth-order valence-corrected chi connectivity index (χ4v) is 1.67. The number of benzene rings is 1. The summed E-state index contributed by atoms with van der Waals surface area (Å²) in [7, 11) is 0. The molecular weight excluding hydrogens is 200 g/mol. The van der Waals surface area contributed by atoms with E-state index in [2.05, 4.69) is 11.2 Å². The van der Waals surface area contributed by atoms with Crippen molar-refractivity contribution in [1.82, 2.24) is 0 Å². The molecule has 0 saturated carbocycles. The van der Waals surface area contributed by atoms with Crippen molar-refractivity contribution in [3.8, 4) is 11.2 Å². The second-order valence-corrected chi connectivity index (χ2v) is 3.76. The van der Waals surface area contributed by atoms with Crippen molar-refractivity contribution in [1.29, 1.82) is 0 Å². The van der Waals surface area contributed by atoms with E-state index in [1.165, 1.54) is 0 Å². The van der Waals surface area contributed by atoms with Gasteiger partial charge in [0.15, 0.2) is 0 Å². The van der Waals surface area contributed by atoms with Crippen LogP contribution < -0.4 is 0 Å². The van der Waals surface area contributed by atoms with Crippen LogP contribution in [0.5, 0.6) is 0 Å². The van der Waals surface area contributed by atoms with Crippen molar-refractivity contribution >= 4 is 23.4 Å². The second kappa shape index (κ2) is 6.88. The molecule has 0 aliphatic carbocycles. The van der Waals surface area contributed by atoms with Gasteiger partial charge < -0.3 is 0 Å². The van der Waals surface area contributed by atoms with Gasteiger partial charge in [0.05, 0.1) is 0 Å². The molecule has 0 spiro atoms. The van der Waals surface area contributed by atoms with Gasteiger partial charge in [-0.1, -0.05) is 35.9 Å². The molecule has 0 aliphatic rings. The quantitative estimate of drug-likeness (QED) is 0.419. The van der Waals surface area contributed by atoms with Crippen molar-refractivity contribution in [3.63, 3.8) is 0 Å². The lowest BCUT2D eigenvalue weighted by Crippen LogP contribution is -1.77. The van der Waals surface area contributed by atoms with Crippen LogP contribution in [0.15, 0.2) is 30.3 Å². The average molecular weight is 211 g/mol. The van der Waals surface area contributed by atoms with Gasteiger partial charge in [-0.3, -0.25) is 0 Å². The monoisotopic (exact) mass is 210 g/mol. The molecule has 0 atom stereocenters. The first kappa shape index (κ1) is 10.5. The topological polar surface area (TPSA) is 0 Å². The Labute approximate surface area is 88.7 Å². The van der Waals surface area contributed by atoms with E-state index in [4.69, 9.17) is 11.6 Å². The van der Waals surface area contributed by atoms with Crippen LogP contribution in [0.2, 0.25) is 0 Å². The number of halogens is 1. The van der Waals surface area contributed by atoms with Crippen LogP contribution >= 0.6 is 23.4 Å². The summed E-state index contributed by atoms with van der Waals surface area (Å²) in [5.74, 6) is 4.81. The molecule has 0 amide bonds. The first-order valence-corrected chi connectivity index (χ1v) is 5.69. The minimum Gasteiger partial charge on any atom is -0.127 e. The second-order valence-electron chi connectivity index (χ2n) is 2.48. The van der Waals surface area contributed by atoms with Crippen molar-refractivity contribution in [3.05, 3.63) is 35.9 Å². The molecule has 0 aromatic heterocycles. The lowest BCUT2D eigenvalue weighted by atomic mass is 10.2. The van der Waals surface area contributed by atoms with Gasteiger partial charge in [0.2, 0.25) is 0 Å². The highest BCUT2D eigenvalue weighted by Crippen LogP contribution is 2.02. The van der Waals surface area contributed by atoms with Crippen LogP contribution in [0.25, 0.3) is 0 Å². The summed E-state index contributed by atoms with van der Waals surface area (Å²) in [6.07, 6.45) is 1.02. The van der Waals surface area contributed by atoms with Crippen molar-refractivity contribution in [2.75, 3.05) is 11.6 Å². The predicted octanol–water partition coefficient (Wildman–Crippen LogP) is 3.36. The Balaban J connectivity index is 2.31. The van der Waals surface area contributed by atoms with Crippen LogP contribution in [0.4, 0.5) is 0 Å². The minimum atomic E-state index is 0.722. The van der Waals surface area contributed by atoms with Crippen molar-refractivity contribution < 1.29 is 0 Å². The lowest BCUT2D eigenvalue weighted by molar-refractivity contribution is 1.12. The maximum absolute atomic E-state index is 5.54. The maximum atomic E-state index is 5.54. The molecule has 1 aromatic carbocycles. The maximum Gasteiger partial charge on any atom is 0.0254 e. The fraction of sp³-hybridized carbons (Fsp3) is 0.273. The number of hydrogen-bond donors (Lipinski definition) is 0. The minimum absolute atomic E-state index is 0.722. The summed E-state index contributed by atoms with van der Waals surface area (Å²) in [6, 6.07) is 10.00. The van der Waals surface area contributed by atoms with Gasteiger partial charge in [-0.15, -0.1) is 11.6 Å². The molecule has 0 N–H and O–H groups in total. The van der Waals surface area contributed by atoms with Gasteiger partial charge in [-0.25, -0.2) is 0 Å². The summed E-state index contributed by atoms with van der Waals surface area (Å²) in [5.41, 5.74) is 1.07. The zero-order chi connectivity index (χ0) is 9.36. The van der Waals surface area contributed by atoms with E-state index in [0.717, 1.165) is 23.6 Å². The zero-order valence-electron chi connectivity index (χ0n) is 7.29. The summed E-state index contributed by atoms with van der Waals surface area (Å²) in [4.78, 5) is 0. The molecule has 0 saturated heterocycles. The van der Waals surface area contributed by atoms with Crippen molar-refractivity contribution in [2.24, 2.45) is 0 Å². The third-order valence-electron chi connectivity index (χ3n) is 1.42. The summed E-state index contributed by atoms with van der Waals surface area (Å²) in [6.45, 7) is 0. The van der Waals surface area contributed by atoms with E-state index >= 15 is 0 Å². The Morgan fingerprint density at radius 1 is 1.23 bits per heavy atom. The van der Waals surface area contributed by atoms with E-state index in [0.29, 0.717) is 0 Å². The average Bonchev–Trinajstić information content (AvgIpc) is 2.19. The highest BCUT2D eigenvalue weighted by molar-refractivity contribution is 8.03. The third-order valence-corrected chi connectivity index (χ3v) is 2.43. The molecule has 1 rings (SSSR count). The van der Waals surface area contributed by atoms with Gasteiger partial charge in [0, 0.05) is 17.2 Å². The molecule has 0 heterocycles. The Kier molecular flexibility index (Phi) is 5.56. The first-order chi connectivity index (χ1) is 6.43. The van der Waals surface area contributed by atoms with Crippen LogP contribution in [-0.2, 0) is 0 Å². The molecule has 0 aliphatic heterocycles. The Hall–Kier alpha value is -0.580. The molecule has 13 heavy (non-hydrogen) atoms. The Morgan fingerprint density at radius 2 is 2.00 bits per heavy atom. The molecule has 0 bridgehead atoms. The Morgan fingerprint density at radius 3 is 2.69 bits per heavy atom. The molecular formula is C11H11ClS. The summed E-state index contributed by atoms with van der Waals surface area (Å²) < 4.78 is 0. The van der Waals surface area contributed by atoms with Crippen LogP contribution in [0.1, 0.15) is 12.0 Å².